The smallest absolute Gasteiger partial charge is 0.293 e. The molecule has 7 nitrogen and oxygen atoms in total. The van der Waals surface area contributed by atoms with Gasteiger partial charge in [0, 0.05) is 18.5 Å². The van der Waals surface area contributed by atoms with E-state index in [4.69, 9.17) is 0 Å². The van der Waals surface area contributed by atoms with Crippen LogP contribution in [0.4, 0.5) is 0 Å². The van der Waals surface area contributed by atoms with Crippen molar-refractivity contribution >= 4 is 11.8 Å². The van der Waals surface area contributed by atoms with E-state index in [-0.39, 0.29) is 30.2 Å². The maximum Gasteiger partial charge on any atom is 0.293 e. The third-order valence-electron chi connectivity index (χ3n) is 3.11. The Hall–Kier alpha value is -1.92. The lowest BCUT2D eigenvalue weighted by Crippen LogP contribution is -2.43. The van der Waals surface area contributed by atoms with Gasteiger partial charge in [0.25, 0.3) is 5.91 Å². The zero-order valence-electron chi connectivity index (χ0n) is 12.1. The Kier molecular flexibility index (Phi) is 4.36. The Balaban J connectivity index is 1.98. The summed E-state index contributed by atoms with van der Waals surface area (Å²) in [5.41, 5.74) is 0. The van der Waals surface area contributed by atoms with Crippen LogP contribution in [0.1, 0.15) is 56.0 Å². The minimum absolute atomic E-state index is 0.0286. The molecule has 2 amide bonds. The van der Waals surface area contributed by atoms with E-state index in [0.29, 0.717) is 12.5 Å². The van der Waals surface area contributed by atoms with E-state index in [1.54, 1.807) is 0 Å². The molecule has 1 heterocycles. The standard InChI is InChI=1S/C13H21N5O2/c1-4-18(7-10(19)14-8(2)3)13(20)12-15-11(16-17-12)9-5-6-9/h8-9H,4-7H2,1-3H3,(H,14,19)(H,15,16,17). The lowest BCUT2D eigenvalue weighted by Gasteiger charge is -2.19. The number of hydrogen-bond acceptors (Lipinski definition) is 4. The molecule has 7 heteroatoms. The van der Waals surface area contributed by atoms with Crippen LogP contribution in [0.25, 0.3) is 0 Å². The summed E-state index contributed by atoms with van der Waals surface area (Å²) in [7, 11) is 0. The summed E-state index contributed by atoms with van der Waals surface area (Å²) in [6.07, 6.45) is 2.19. The van der Waals surface area contributed by atoms with E-state index in [2.05, 4.69) is 20.5 Å². The summed E-state index contributed by atoms with van der Waals surface area (Å²) in [6, 6.07) is 0.0567. The fourth-order valence-corrected chi connectivity index (χ4v) is 1.92. The second-order valence-electron chi connectivity index (χ2n) is 5.36. The van der Waals surface area contributed by atoms with Crippen molar-refractivity contribution in [2.24, 2.45) is 0 Å². The summed E-state index contributed by atoms with van der Waals surface area (Å²) >= 11 is 0. The summed E-state index contributed by atoms with van der Waals surface area (Å²) in [6.45, 7) is 6.06. The van der Waals surface area contributed by atoms with Crippen LogP contribution in [0.15, 0.2) is 0 Å². The van der Waals surface area contributed by atoms with Gasteiger partial charge in [-0.15, -0.1) is 5.10 Å². The maximum absolute atomic E-state index is 12.3. The number of nitrogens with zero attached hydrogens (tertiary/aromatic N) is 3. The van der Waals surface area contributed by atoms with Gasteiger partial charge >= 0.3 is 0 Å². The van der Waals surface area contributed by atoms with E-state index in [9.17, 15) is 9.59 Å². The molecule has 0 radical (unpaired) electrons. The van der Waals surface area contributed by atoms with Gasteiger partial charge in [0.1, 0.15) is 5.82 Å². The third-order valence-corrected chi connectivity index (χ3v) is 3.11. The summed E-state index contributed by atoms with van der Waals surface area (Å²) < 4.78 is 0. The van der Waals surface area contributed by atoms with Crippen molar-refractivity contribution in [3.05, 3.63) is 11.6 Å². The minimum atomic E-state index is -0.311. The first-order valence-electron chi connectivity index (χ1n) is 7.02. The predicted molar refractivity (Wildman–Crippen MR) is 73.2 cm³/mol. The molecule has 20 heavy (non-hydrogen) atoms. The van der Waals surface area contributed by atoms with E-state index in [1.165, 1.54) is 4.90 Å². The highest BCUT2D eigenvalue weighted by molar-refractivity contribution is 5.93. The van der Waals surface area contributed by atoms with Gasteiger partial charge in [-0.05, 0) is 33.6 Å². The van der Waals surface area contributed by atoms with Crippen molar-refractivity contribution in [1.82, 2.24) is 25.4 Å². The topological polar surface area (TPSA) is 91.0 Å². The lowest BCUT2D eigenvalue weighted by atomic mass is 10.3. The summed E-state index contributed by atoms with van der Waals surface area (Å²) in [5.74, 6) is 0.855. The van der Waals surface area contributed by atoms with Gasteiger partial charge in [-0.2, -0.15) is 0 Å². The highest BCUT2D eigenvalue weighted by atomic mass is 16.2. The molecule has 110 valence electrons. The number of carbonyl (C=O) groups excluding carboxylic acids is 2. The Morgan fingerprint density at radius 3 is 2.70 bits per heavy atom. The highest BCUT2D eigenvalue weighted by Gasteiger charge is 2.29. The van der Waals surface area contributed by atoms with Gasteiger partial charge in [-0.25, -0.2) is 4.98 Å². The van der Waals surface area contributed by atoms with E-state index >= 15 is 0 Å². The first-order valence-corrected chi connectivity index (χ1v) is 7.02. The Morgan fingerprint density at radius 1 is 1.45 bits per heavy atom. The molecule has 1 aliphatic carbocycles. The second-order valence-corrected chi connectivity index (χ2v) is 5.36. The number of aromatic amines is 1. The van der Waals surface area contributed by atoms with Crippen LogP contribution in [-0.4, -0.2) is 51.0 Å². The summed E-state index contributed by atoms with van der Waals surface area (Å²) in [5, 5.41) is 9.53. The Morgan fingerprint density at radius 2 is 2.15 bits per heavy atom. The molecule has 0 aromatic carbocycles. The van der Waals surface area contributed by atoms with Crippen LogP contribution >= 0.6 is 0 Å². The average molecular weight is 279 g/mol. The molecule has 1 aromatic heterocycles. The molecule has 0 spiro atoms. The molecule has 1 saturated carbocycles. The maximum atomic E-state index is 12.3. The zero-order chi connectivity index (χ0) is 14.7. The Bertz CT molecular complexity index is 493. The quantitative estimate of drug-likeness (QED) is 0.800. The van der Waals surface area contributed by atoms with Crippen molar-refractivity contribution < 1.29 is 9.59 Å². The van der Waals surface area contributed by atoms with Crippen LogP contribution < -0.4 is 5.32 Å². The Labute approximate surface area is 118 Å². The monoisotopic (exact) mass is 279 g/mol. The van der Waals surface area contributed by atoms with Gasteiger partial charge in [0.15, 0.2) is 0 Å². The SMILES string of the molecule is CCN(CC(=O)NC(C)C)C(=O)c1n[nH]c(C2CC2)n1. The van der Waals surface area contributed by atoms with Crippen LogP contribution in [0, 0.1) is 0 Å². The minimum Gasteiger partial charge on any atom is -0.352 e. The van der Waals surface area contributed by atoms with Gasteiger partial charge in [0.05, 0.1) is 6.54 Å². The number of amides is 2. The molecular weight excluding hydrogens is 258 g/mol. The molecular formula is C13H21N5O2. The number of nitrogens with one attached hydrogen (secondary N) is 2. The van der Waals surface area contributed by atoms with E-state index in [0.717, 1.165) is 18.7 Å². The van der Waals surface area contributed by atoms with Crippen molar-refractivity contribution in [2.45, 2.75) is 45.6 Å². The fraction of sp³-hybridized carbons (Fsp3) is 0.692. The van der Waals surface area contributed by atoms with Crippen LogP contribution in [0.3, 0.4) is 0 Å². The lowest BCUT2D eigenvalue weighted by molar-refractivity contribution is -0.122. The zero-order valence-corrected chi connectivity index (χ0v) is 12.1. The van der Waals surface area contributed by atoms with Crippen molar-refractivity contribution in [1.29, 1.82) is 0 Å². The first kappa shape index (κ1) is 14.5. The molecule has 1 aromatic rings. The fourth-order valence-electron chi connectivity index (χ4n) is 1.92. The van der Waals surface area contributed by atoms with Gasteiger partial charge in [-0.3, -0.25) is 14.7 Å². The van der Waals surface area contributed by atoms with Crippen molar-refractivity contribution in [2.75, 3.05) is 13.1 Å². The molecule has 2 N–H and O–H groups in total. The van der Waals surface area contributed by atoms with Gasteiger partial charge < -0.3 is 10.2 Å². The van der Waals surface area contributed by atoms with Crippen molar-refractivity contribution in [3.8, 4) is 0 Å². The van der Waals surface area contributed by atoms with E-state index < -0.39 is 0 Å². The molecule has 0 bridgehead atoms. The van der Waals surface area contributed by atoms with Crippen LogP contribution in [0.5, 0.6) is 0 Å². The molecule has 2 rings (SSSR count). The predicted octanol–water partition coefficient (Wildman–Crippen LogP) is 0.669. The number of likely N-dealkylation sites (N-methyl/N-ethyl adjacent to an activating group) is 1. The highest BCUT2D eigenvalue weighted by Crippen LogP contribution is 2.37. The number of carbonyl (C=O) groups is 2. The molecule has 0 aliphatic heterocycles. The second kappa shape index (κ2) is 6.02. The number of hydrogen-bond donors (Lipinski definition) is 2. The van der Waals surface area contributed by atoms with Crippen molar-refractivity contribution in [3.63, 3.8) is 0 Å². The number of aromatic nitrogens is 3. The van der Waals surface area contributed by atoms with Crippen LogP contribution in [-0.2, 0) is 4.79 Å². The summed E-state index contributed by atoms with van der Waals surface area (Å²) in [4.78, 5) is 29.6. The largest absolute Gasteiger partial charge is 0.352 e. The number of H-pyrrole nitrogens is 1. The van der Waals surface area contributed by atoms with Gasteiger partial charge in [0.2, 0.25) is 11.7 Å². The third kappa shape index (κ3) is 3.55. The first-order chi connectivity index (χ1) is 9.51. The normalized spacial score (nSPS) is 14.4. The van der Waals surface area contributed by atoms with E-state index in [1.807, 2.05) is 20.8 Å². The van der Waals surface area contributed by atoms with Crippen LogP contribution in [0.2, 0.25) is 0 Å². The molecule has 0 unspecified atom stereocenters. The molecule has 1 aliphatic rings. The molecule has 0 atom stereocenters. The van der Waals surface area contributed by atoms with Gasteiger partial charge in [-0.1, -0.05) is 0 Å². The molecule has 0 saturated heterocycles. The molecule has 1 fully saturated rings. The average Bonchev–Trinajstić information content (AvgIpc) is 3.12. The number of rotatable bonds is 6.